The van der Waals surface area contributed by atoms with E-state index in [4.69, 9.17) is 10.7 Å². The van der Waals surface area contributed by atoms with Crippen LogP contribution in [0.1, 0.15) is 29.4 Å². The molecule has 0 bridgehead atoms. The van der Waals surface area contributed by atoms with Gasteiger partial charge in [0, 0.05) is 23.5 Å². The van der Waals surface area contributed by atoms with Gasteiger partial charge in [-0.1, -0.05) is 18.2 Å². The summed E-state index contributed by atoms with van der Waals surface area (Å²) in [6.45, 7) is 6.02. The van der Waals surface area contributed by atoms with E-state index in [1.807, 2.05) is 13.8 Å². The second-order valence-corrected chi connectivity index (χ2v) is 6.70. The van der Waals surface area contributed by atoms with Gasteiger partial charge >= 0.3 is 0 Å². The lowest BCUT2D eigenvalue weighted by atomic mass is 10.1. The summed E-state index contributed by atoms with van der Waals surface area (Å²) in [7, 11) is 0. The molecule has 1 aliphatic heterocycles. The van der Waals surface area contributed by atoms with Crippen molar-refractivity contribution in [2.24, 2.45) is 5.73 Å². The molecule has 19 heavy (non-hydrogen) atoms. The van der Waals surface area contributed by atoms with Gasteiger partial charge in [0.25, 0.3) is 0 Å². The van der Waals surface area contributed by atoms with E-state index in [-0.39, 0.29) is 5.54 Å². The van der Waals surface area contributed by atoms with Gasteiger partial charge in [-0.25, -0.2) is 4.98 Å². The third-order valence-electron chi connectivity index (χ3n) is 3.40. The highest BCUT2D eigenvalue weighted by molar-refractivity contribution is 7.11. The maximum atomic E-state index is 6.15. The van der Waals surface area contributed by atoms with Crippen molar-refractivity contribution in [3.8, 4) is 0 Å². The summed E-state index contributed by atoms with van der Waals surface area (Å²) in [6.07, 6.45) is 1.01. The first-order valence-corrected chi connectivity index (χ1v) is 7.43. The molecule has 0 radical (unpaired) electrons. The molecule has 0 amide bonds. The molecule has 0 saturated heterocycles. The molecule has 2 aromatic rings. The van der Waals surface area contributed by atoms with Gasteiger partial charge in [-0.15, -0.1) is 11.3 Å². The molecule has 0 atom stereocenters. The lowest BCUT2D eigenvalue weighted by Gasteiger charge is -2.28. The Labute approximate surface area is 118 Å². The van der Waals surface area contributed by atoms with Gasteiger partial charge in [-0.2, -0.15) is 0 Å². The Balaban J connectivity index is 1.86. The molecular weight excluding hydrogens is 254 g/mol. The summed E-state index contributed by atoms with van der Waals surface area (Å²) < 4.78 is 0. The van der Waals surface area contributed by atoms with Gasteiger partial charge in [-0.3, -0.25) is 0 Å². The molecule has 0 aliphatic carbocycles. The van der Waals surface area contributed by atoms with Crippen LogP contribution in [0.2, 0.25) is 0 Å². The van der Waals surface area contributed by atoms with Gasteiger partial charge < -0.3 is 10.6 Å². The van der Waals surface area contributed by atoms with Crippen LogP contribution in [0.25, 0.3) is 0 Å². The van der Waals surface area contributed by atoms with Crippen LogP contribution < -0.4 is 10.6 Å². The second kappa shape index (κ2) is 4.62. The topological polar surface area (TPSA) is 42.1 Å². The number of aromatic nitrogens is 1. The summed E-state index contributed by atoms with van der Waals surface area (Å²) in [6, 6.07) is 10.6. The fourth-order valence-electron chi connectivity index (χ4n) is 2.33. The Morgan fingerprint density at radius 3 is 2.68 bits per heavy atom. The maximum Gasteiger partial charge on any atom is 0.113 e. The van der Waals surface area contributed by atoms with E-state index in [1.165, 1.54) is 16.3 Å². The van der Waals surface area contributed by atoms with Gasteiger partial charge in [-0.05, 0) is 26.0 Å². The van der Waals surface area contributed by atoms with E-state index >= 15 is 0 Å². The average molecular weight is 273 g/mol. The molecule has 4 heteroatoms. The maximum absolute atomic E-state index is 6.15. The highest BCUT2D eigenvalue weighted by Crippen LogP contribution is 2.31. The molecule has 100 valence electrons. The number of fused-ring (bicyclic) bond motifs is 1. The number of anilines is 1. The molecule has 0 saturated carbocycles. The van der Waals surface area contributed by atoms with Crippen LogP contribution in [0.5, 0.6) is 0 Å². The fourth-order valence-corrected chi connectivity index (χ4v) is 3.47. The van der Waals surface area contributed by atoms with Crippen LogP contribution in [-0.2, 0) is 18.5 Å². The van der Waals surface area contributed by atoms with Crippen molar-refractivity contribution in [3.05, 3.63) is 45.9 Å². The van der Waals surface area contributed by atoms with E-state index in [0.717, 1.165) is 24.5 Å². The first kappa shape index (κ1) is 12.6. The first-order valence-electron chi connectivity index (χ1n) is 6.62. The number of benzene rings is 1. The highest BCUT2D eigenvalue weighted by atomic mass is 32.1. The van der Waals surface area contributed by atoms with E-state index in [9.17, 15) is 0 Å². The zero-order valence-electron chi connectivity index (χ0n) is 11.4. The van der Waals surface area contributed by atoms with Gasteiger partial charge in [0.15, 0.2) is 0 Å². The minimum Gasteiger partial charge on any atom is -0.366 e. The van der Waals surface area contributed by atoms with Gasteiger partial charge in [0.1, 0.15) is 5.01 Å². The Bertz CT molecular complexity index is 569. The number of hydrogen-bond acceptors (Lipinski definition) is 4. The van der Waals surface area contributed by atoms with Crippen molar-refractivity contribution in [1.29, 1.82) is 0 Å². The highest BCUT2D eigenvalue weighted by Gasteiger charge is 2.25. The lowest BCUT2D eigenvalue weighted by Crippen LogP contribution is -2.29. The summed E-state index contributed by atoms with van der Waals surface area (Å²) >= 11 is 1.76. The largest absolute Gasteiger partial charge is 0.366 e. The molecule has 2 N–H and O–H groups in total. The monoisotopic (exact) mass is 273 g/mol. The molecule has 3 rings (SSSR count). The third kappa shape index (κ3) is 2.51. The van der Waals surface area contributed by atoms with Crippen LogP contribution in [0.15, 0.2) is 30.3 Å². The fraction of sp³-hybridized carbons (Fsp3) is 0.400. The predicted octanol–water partition coefficient (Wildman–Crippen LogP) is 2.90. The van der Waals surface area contributed by atoms with Crippen molar-refractivity contribution in [2.75, 3.05) is 11.4 Å². The standard InChI is InChI=1S/C15H19N3S/c1-15(2,16)14-17-12-8-9-18(10-13(12)19-14)11-6-4-3-5-7-11/h3-7H,8-10,16H2,1-2H3. The zero-order valence-corrected chi connectivity index (χ0v) is 12.2. The molecule has 1 aromatic carbocycles. The van der Waals surface area contributed by atoms with Crippen LogP contribution in [-0.4, -0.2) is 11.5 Å². The Morgan fingerprint density at radius 1 is 1.26 bits per heavy atom. The van der Waals surface area contributed by atoms with Crippen molar-refractivity contribution in [3.63, 3.8) is 0 Å². The average Bonchev–Trinajstić information content (AvgIpc) is 2.82. The van der Waals surface area contributed by atoms with Gasteiger partial charge in [0.05, 0.1) is 17.8 Å². The summed E-state index contributed by atoms with van der Waals surface area (Å²) in [5, 5.41) is 1.05. The number of nitrogens with two attached hydrogens (primary N) is 1. The van der Waals surface area contributed by atoms with E-state index in [2.05, 4.69) is 35.2 Å². The summed E-state index contributed by atoms with van der Waals surface area (Å²) in [5.74, 6) is 0. The van der Waals surface area contributed by atoms with Crippen molar-refractivity contribution >= 4 is 17.0 Å². The lowest BCUT2D eigenvalue weighted by molar-refractivity contribution is 0.547. The van der Waals surface area contributed by atoms with Crippen molar-refractivity contribution < 1.29 is 0 Å². The van der Waals surface area contributed by atoms with Crippen LogP contribution >= 0.6 is 11.3 Å². The number of nitrogens with zero attached hydrogens (tertiary/aromatic N) is 2. The normalized spacial score (nSPS) is 15.4. The molecule has 2 heterocycles. The molecular formula is C15H19N3S. The number of thiazole rings is 1. The molecule has 3 nitrogen and oxygen atoms in total. The Hall–Kier alpha value is -1.39. The second-order valence-electron chi connectivity index (χ2n) is 5.62. The van der Waals surface area contributed by atoms with Crippen LogP contribution in [0, 0.1) is 0 Å². The summed E-state index contributed by atoms with van der Waals surface area (Å²) in [5.41, 5.74) is 8.34. The summed E-state index contributed by atoms with van der Waals surface area (Å²) in [4.78, 5) is 8.49. The Morgan fingerprint density at radius 2 is 2.00 bits per heavy atom. The minimum atomic E-state index is -0.334. The van der Waals surface area contributed by atoms with E-state index < -0.39 is 0 Å². The molecule has 0 fully saturated rings. The quantitative estimate of drug-likeness (QED) is 0.915. The number of rotatable bonds is 2. The minimum absolute atomic E-state index is 0.334. The van der Waals surface area contributed by atoms with Gasteiger partial charge in [0.2, 0.25) is 0 Å². The zero-order chi connectivity index (χ0) is 13.5. The van der Waals surface area contributed by atoms with Crippen molar-refractivity contribution in [2.45, 2.75) is 32.4 Å². The van der Waals surface area contributed by atoms with Crippen LogP contribution in [0.3, 0.4) is 0 Å². The molecule has 1 aliphatic rings. The number of para-hydroxylation sites is 1. The third-order valence-corrected chi connectivity index (χ3v) is 4.83. The first-order chi connectivity index (χ1) is 9.04. The van der Waals surface area contributed by atoms with E-state index in [1.54, 1.807) is 11.3 Å². The number of hydrogen-bond donors (Lipinski definition) is 1. The van der Waals surface area contributed by atoms with E-state index in [0.29, 0.717) is 0 Å². The van der Waals surface area contributed by atoms with Crippen molar-refractivity contribution in [1.82, 2.24) is 4.98 Å². The SMILES string of the molecule is CC(C)(N)c1nc2c(s1)CN(c1ccccc1)CC2. The molecule has 0 unspecified atom stereocenters. The predicted molar refractivity (Wildman–Crippen MR) is 80.5 cm³/mol. The molecule has 0 spiro atoms. The molecule has 1 aromatic heterocycles. The smallest absolute Gasteiger partial charge is 0.113 e. The van der Waals surface area contributed by atoms with Crippen LogP contribution in [0.4, 0.5) is 5.69 Å². The Kier molecular flexibility index (Phi) is 3.07.